The molecule has 0 bridgehead atoms. The molecule has 0 saturated heterocycles. The van der Waals surface area contributed by atoms with E-state index in [1.165, 1.54) is 0 Å². The number of nitrogens with zero attached hydrogens (tertiary/aromatic N) is 4. The number of fused-ring (bicyclic) bond motifs is 2. The molecule has 0 aliphatic heterocycles. The summed E-state index contributed by atoms with van der Waals surface area (Å²) in [5, 5.41) is 22.7. The van der Waals surface area contributed by atoms with E-state index >= 15 is 0 Å². The molecule has 1 saturated carbocycles. The zero-order valence-corrected chi connectivity index (χ0v) is 18.4. The molecular weight excluding hydrogens is 404 g/mol. The molecule has 1 fully saturated rings. The third-order valence-corrected chi connectivity index (χ3v) is 5.88. The Kier molecular flexibility index (Phi) is 5.63. The largest absolute Gasteiger partial charge is 0.488 e. The second kappa shape index (κ2) is 8.72. The highest BCUT2D eigenvalue weighted by molar-refractivity contribution is 5.87. The van der Waals surface area contributed by atoms with E-state index in [-0.39, 0.29) is 12.2 Å². The number of aliphatic hydroxyl groups excluding tert-OH is 1. The van der Waals surface area contributed by atoms with Crippen LogP contribution >= 0.6 is 0 Å². The van der Waals surface area contributed by atoms with E-state index < -0.39 is 0 Å². The van der Waals surface area contributed by atoms with Crippen LogP contribution < -0.4 is 10.1 Å². The van der Waals surface area contributed by atoms with Gasteiger partial charge >= 0.3 is 0 Å². The molecule has 0 atom stereocenters. The molecule has 32 heavy (non-hydrogen) atoms. The number of hydrogen-bond donors (Lipinski definition) is 3. The van der Waals surface area contributed by atoms with Crippen molar-refractivity contribution in [2.45, 2.75) is 44.4 Å². The fourth-order valence-corrected chi connectivity index (χ4v) is 4.24. The summed E-state index contributed by atoms with van der Waals surface area (Å²) < 4.78 is 6.27. The van der Waals surface area contributed by atoms with Gasteiger partial charge in [-0.2, -0.15) is 5.10 Å². The van der Waals surface area contributed by atoms with Gasteiger partial charge in [-0.3, -0.25) is 5.10 Å². The van der Waals surface area contributed by atoms with Gasteiger partial charge in [0.15, 0.2) is 0 Å². The molecule has 0 unspecified atom stereocenters. The zero-order valence-electron chi connectivity index (χ0n) is 18.4. The quantitative estimate of drug-likeness (QED) is 0.424. The molecule has 5 rings (SSSR count). The van der Waals surface area contributed by atoms with Crippen molar-refractivity contribution >= 4 is 33.4 Å². The number of benzene rings is 2. The first-order chi connectivity index (χ1) is 15.5. The summed E-state index contributed by atoms with van der Waals surface area (Å²) in [7, 11) is 4.07. The molecule has 0 spiro atoms. The fourth-order valence-electron chi connectivity index (χ4n) is 4.24. The molecule has 1 aliphatic rings. The third kappa shape index (κ3) is 4.37. The molecule has 8 nitrogen and oxygen atoms in total. The van der Waals surface area contributed by atoms with E-state index in [0.29, 0.717) is 5.95 Å². The minimum Gasteiger partial charge on any atom is -0.488 e. The van der Waals surface area contributed by atoms with Crippen LogP contribution in [0.15, 0.2) is 42.6 Å². The number of anilines is 2. The van der Waals surface area contributed by atoms with Gasteiger partial charge in [-0.1, -0.05) is 12.1 Å². The molecule has 0 radical (unpaired) electrons. The van der Waals surface area contributed by atoms with Crippen LogP contribution in [0.5, 0.6) is 5.75 Å². The highest BCUT2D eigenvalue weighted by atomic mass is 16.5. The van der Waals surface area contributed by atoms with Gasteiger partial charge in [-0.25, -0.2) is 9.97 Å². The van der Waals surface area contributed by atoms with Crippen molar-refractivity contribution in [1.29, 1.82) is 0 Å². The number of para-hydroxylation sites is 1. The smallest absolute Gasteiger partial charge is 0.227 e. The SMILES string of the molecule is CN(C)Cc1[nH]nc2cc(Nc3ncc4cccc(OC5CCC(O)CC5)c4n3)ccc12. The summed E-state index contributed by atoms with van der Waals surface area (Å²) in [6, 6.07) is 12.0. The van der Waals surface area contributed by atoms with Crippen LogP contribution in [-0.4, -0.2) is 56.5 Å². The van der Waals surface area contributed by atoms with Crippen molar-refractivity contribution in [2.75, 3.05) is 19.4 Å². The van der Waals surface area contributed by atoms with Gasteiger partial charge in [0.25, 0.3) is 0 Å². The van der Waals surface area contributed by atoms with Gasteiger partial charge in [-0.05, 0) is 64.0 Å². The summed E-state index contributed by atoms with van der Waals surface area (Å²) >= 11 is 0. The maximum absolute atomic E-state index is 9.75. The van der Waals surface area contributed by atoms with Crippen molar-refractivity contribution in [3.8, 4) is 5.75 Å². The molecule has 2 heterocycles. The third-order valence-electron chi connectivity index (χ3n) is 5.88. The van der Waals surface area contributed by atoms with Gasteiger partial charge in [0.2, 0.25) is 5.95 Å². The normalized spacial score (nSPS) is 19.0. The van der Waals surface area contributed by atoms with Gasteiger partial charge < -0.3 is 20.1 Å². The lowest BCUT2D eigenvalue weighted by atomic mass is 9.95. The van der Waals surface area contributed by atoms with Crippen LogP contribution in [0.1, 0.15) is 31.4 Å². The Morgan fingerprint density at radius 1 is 1.16 bits per heavy atom. The van der Waals surface area contributed by atoms with Crippen LogP contribution in [0.25, 0.3) is 21.8 Å². The molecule has 8 heteroatoms. The van der Waals surface area contributed by atoms with E-state index in [2.05, 4.69) is 31.5 Å². The lowest BCUT2D eigenvalue weighted by molar-refractivity contribution is 0.0672. The van der Waals surface area contributed by atoms with E-state index in [1.807, 2.05) is 50.6 Å². The Labute approximate surface area is 186 Å². The van der Waals surface area contributed by atoms with E-state index in [9.17, 15) is 5.11 Å². The molecule has 3 N–H and O–H groups in total. The van der Waals surface area contributed by atoms with Gasteiger partial charge in [0.05, 0.1) is 23.4 Å². The lowest BCUT2D eigenvalue weighted by Crippen LogP contribution is -2.26. The first-order valence-corrected chi connectivity index (χ1v) is 11.0. The Morgan fingerprint density at radius 3 is 2.81 bits per heavy atom. The van der Waals surface area contributed by atoms with Crippen LogP contribution in [0.3, 0.4) is 0 Å². The maximum Gasteiger partial charge on any atom is 0.227 e. The number of ether oxygens (including phenoxy) is 1. The average Bonchev–Trinajstić information content (AvgIpc) is 3.17. The topological polar surface area (TPSA) is 99.2 Å². The zero-order chi connectivity index (χ0) is 22.1. The number of aliphatic hydroxyl groups is 1. The van der Waals surface area contributed by atoms with E-state index in [1.54, 1.807) is 0 Å². The van der Waals surface area contributed by atoms with Crippen LogP contribution in [-0.2, 0) is 6.54 Å². The van der Waals surface area contributed by atoms with Crippen LogP contribution in [0.4, 0.5) is 11.6 Å². The highest BCUT2D eigenvalue weighted by Crippen LogP contribution is 2.30. The Hall–Kier alpha value is -3.23. The molecular formula is C24H28N6O2. The maximum atomic E-state index is 9.75. The summed E-state index contributed by atoms with van der Waals surface area (Å²) in [6.45, 7) is 0.805. The number of aromatic amines is 1. The van der Waals surface area contributed by atoms with Crippen molar-refractivity contribution in [1.82, 2.24) is 25.1 Å². The lowest BCUT2D eigenvalue weighted by Gasteiger charge is -2.26. The first kappa shape index (κ1) is 20.7. The second-order valence-corrected chi connectivity index (χ2v) is 8.73. The fraction of sp³-hybridized carbons (Fsp3) is 0.375. The molecule has 4 aromatic rings. The summed E-state index contributed by atoms with van der Waals surface area (Å²) in [4.78, 5) is 11.3. The number of H-pyrrole nitrogens is 1. The van der Waals surface area contributed by atoms with Crippen molar-refractivity contribution in [3.63, 3.8) is 0 Å². The molecule has 0 amide bonds. The predicted molar refractivity (Wildman–Crippen MR) is 125 cm³/mol. The minimum absolute atomic E-state index is 0.105. The standard InChI is InChI=1S/C24H28N6O2/c1-30(2)14-21-19-11-6-16(12-20(19)28-29-21)26-24-25-13-15-4-3-5-22(23(15)27-24)32-18-9-7-17(31)8-10-18/h3-6,11-13,17-18,31H,7-10,14H2,1-2H3,(H,28,29)(H,25,26,27). The predicted octanol–water partition coefficient (Wildman–Crippen LogP) is 3.99. The number of hydrogen-bond acceptors (Lipinski definition) is 7. The Balaban J connectivity index is 1.38. The van der Waals surface area contributed by atoms with Gasteiger partial charge in [-0.15, -0.1) is 0 Å². The molecule has 2 aromatic carbocycles. The summed E-state index contributed by atoms with van der Waals surface area (Å²) in [5.41, 5.74) is 3.65. The van der Waals surface area contributed by atoms with Crippen molar-refractivity contribution in [2.24, 2.45) is 0 Å². The second-order valence-electron chi connectivity index (χ2n) is 8.73. The minimum atomic E-state index is -0.202. The summed E-state index contributed by atoms with van der Waals surface area (Å²) in [5.74, 6) is 1.27. The van der Waals surface area contributed by atoms with E-state index in [4.69, 9.17) is 9.72 Å². The first-order valence-electron chi connectivity index (χ1n) is 11.0. The van der Waals surface area contributed by atoms with Gasteiger partial charge in [0.1, 0.15) is 11.3 Å². The molecule has 1 aliphatic carbocycles. The number of rotatable bonds is 6. The van der Waals surface area contributed by atoms with Crippen LogP contribution in [0, 0.1) is 0 Å². The van der Waals surface area contributed by atoms with Crippen LogP contribution in [0.2, 0.25) is 0 Å². The summed E-state index contributed by atoms with van der Waals surface area (Å²) in [6.07, 6.45) is 4.98. The number of aromatic nitrogens is 4. The monoisotopic (exact) mass is 432 g/mol. The average molecular weight is 433 g/mol. The van der Waals surface area contributed by atoms with Gasteiger partial charge in [0, 0.05) is 29.2 Å². The van der Waals surface area contributed by atoms with E-state index in [0.717, 1.165) is 71.2 Å². The molecule has 2 aromatic heterocycles. The number of nitrogens with one attached hydrogen (secondary N) is 2. The highest BCUT2D eigenvalue weighted by Gasteiger charge is 2.21. The Bertz CT molecular complexity index is 1230. The molecule has 166 valence electrons. The van der Waals surface area contributed by atoms with Crippen molar-refractivity contribution in [3.05, 3.63) is 48.3 Å². The Morgan fingerprint density at radius 2 is 2.00 bits per heavy atom. The van der Waals surface area contributed by atoms with Crippen molar-refractivity contribution < 1.29 is 9.84 Å².